The zero-order valence-corrected chi connectivity index (χ0v) is 13.0. The first kappa shape index (κ1) is 14.7. The molecular weight excluding hydrogens is 274 g/mol. The number of hydrogen-bond donors (Lipinski definition) is 1. The Bertz CT molecular complexity index is 700. The van der Waals surface area contributed by atoms with Crippen LogP contribution < -0.4 is 5.32 Å². The number of benzene rings is 1. The molecule has 114 valence electrons. The van der Waals surface area contributed by atoms with E-state index in [1.807, 2.05) is 41.3 Å². The van der Waals surface area contributed by atoms with Crippen LogP contribution in [0.3, 0.4) is 0 Å². The van der Waals surface area contributed by atoms with E-state index in [2.05, 4.69) is 24.1 Å². The van der Waals surface area contributed by atoms with E-state index >= 15 is 0 Å². The Labute approximate surface area is 130 Å². The van der Waals surface area contributed by atoms with Crippen LogP contribution in [0, 0.1) is 0 Å². The van der Waals surface area contributed by atoms with Crippen LogP contribution in [-0.2, 0) is 4.79 Å². The van der Waals surface area contributed by atoms with Crippen molar-refractivity contribution < 1.29 is 4.79 Å². The molecule has 0 aliphatic carbocycles. The molecule has 1 aliphatic rings. The molecule has 0 saturated carbocycles. The summed E-state index contributed by atoms with van der Waals surface area (Å²) in [6.07, 6.45) is 3.42. The van der Waals surface area contributed by atoms with E-state index in [0.717, 1.165) is 29.7 Å². The smallest absolute Gasteiger partial charge is 0.246 e. The predicted octanol–water partition coefficient (Wildman–Crippen LogP) is 2.46. The number of amides is 1. The molecule has 2 atom stereocenters. The molecular formula is C18H21N3O. The highest BCUT2D eigenvalue weighted by Crippen LogP contribution is 2.13. The molecule has 1 fully saturated rings. The quantitative estimate of drug-likeness (QED) is 0.866. The Morgan fingerprint density at radius 3 is 2.68 bits per heavy atom. The van der Waals surface area contributed by atoms with Crippen molar-refractivity contribution in [3.8, 4) is 0 Å². The molecule has 1 saturated heterocycles. The Hall–Kier alpha value is -2.20. The Morgan fingerprint density at radius 1 is 1.18 bits per heavy atom. The van der Waals surface area contributed by atoms with Gasteiger partial charge in [0, 0.05) is 36.6 Å². The lowest BCUT2D eigenvalue weighted by Crippen LogP contribution is -2.55. The summed E-state index contributed by atoms with van der Waals surface area (Å²) in [5, 5.41) is 4.53. The van der Waals surface area contributed by atoms with E-state index in [4.69, 9.17) is 0 Å². The highest BCUT2D eigenvalue weighted by Gasteiger charge is 2.23. The molecule has 4 nitrogen and oxygen atoms in total. The van der Waals surface area contributed by atoms with Crippen LogP contribution in [0.2, 0.25) is 0 Å². The van der Waals surface area contributed by atoms with Gasteiger partial charge >= 0.3 is 0 Å². The molecule has 2 aromatic rings. The second-order valence-electron chi connectivity index (χ2n) is 5.97. The molecule has 2 unspecified atom stereocenters. The number of pyridine rings is 1. The van der Waals surface area contributed by atoms with Gasteiger partial charge in [-0.1, -0.05) is 24.3 Å². The van der Waals surface area contributed by atoms with Gasteiger partial charge in [0.15, 0.2) is 0 Å². The maximum absolute atomic E-state index is 12.3. The zero-order valence-electron chi connectivity index (χ0n) is 13.0. The van der Waals surface area contributed by atoms with Crippen LogP contribution in [-0.4, -0.2) is 41.0 Å². The molecule has 1 amide bonds. The topological polar surface area (TPSA) is 45.2 Å². The Balaban J connectivity index is 1.73. The largest absolute Gasteiger partial charge is 0.336 e. The summed E-state index contributed by atoms with van der Waals surface area (Å²) >= 11 is 0. The molecule has 1 N–H and O–H groups in total. The lowest BCUT2D eigenvalue weighted by atomic mass is 10.1. The van der Waals surface area contributed by atoms with Crippen molar-refractivity contribution >= 4 is 22.9 Å². The van der Waals surface area contributed by atoms with Crippen LogP contribution in [0.4, 0.5) is 0 Å². The van der Waals surface area contributed by atoms with Crippen molar-refractivity contribution in [3.05, 3.63) is 48.2 Å². The van der Waals surface area contributed by atoms with Crippen LogP contribution in [0.25, 0.3) is 17.0 Å². The maximum Gasteiger partial charge on any atom is 0.246 e. The van der Waals surface area contributed by atoms with Gasteiger partial charge in [0.25, 0.3) is 0 Å². The lowest BCUT2D eigenvalue weighted by Gasteiger charge is -2.35. The lowest BCUT2D eigenvalue weighted by molar-refractivity contribution is -0.127. The number of nitrogens with zero attached hydrogens (tertiary/aromatic N) is 2. The van der Waals surface area contributed by atoms with Crippen LogP contribution in [0.1, 0.15) is 19.5 Å². The number of fused-ring (bicyclic) bond motifs is 1. The number of carbonyl (C=O) groups excluding carboxylic acids is 1. The van der Waals surface area contributed by atoms with Gasteiger partial charge in [-0.05, 0) is 32.1 Å². The average Bonchev–Trinajstić information content (AvgIpc) is 2.51. The summed E-state index contributed by atoms with van der Waals surface area (Å²) in [7, 11) is 0. The second kappa shape index (κ2) is 6.28. The molecule has 0 bridgehead atoms. The van der Waals surface area contributed by atoms with Gasteiger partial charge in [-0.3, -0.25) is 4.79 Å². The summed E-state index contributed by atoms with van der Waals surface area (Å²) in [6.45, 7) is 5.70. The molecule has 0 spiro atoms. The minimum Gasteiger partial charge on any atom is -0.336 e. The van der Waals surface area contributed by atoms with Gasteiger partial charge in [-0.25, -0.2) is 4.98 Å². The van der Waals surface area contributed by atoms with Crippen molar-refractivity contribution in [2.75, 3.05) is 13.1 Å². The number of aromatic nitrogens is 1. The molecule has 1 aromatic heterocycles. The zero-order chi connectivity index (χ0) is 15.5. The first-order chi connectivity index (χ1) is 10.6. The predicted molar refractivity (Wildman–Crippen MR) is 89.4 cm³/mol. The molecule has 4 heteroatoms. The van der Waals surface area contributed by atoms with Gasteiger partial charge in [0.2, 0.25) is 5.91 Å². The molecule has 0 radical (unpaired) electrons. The number of para-hydroxylation sites is 1. The van der Waals surface area contributed by atoms with Crippen LogP contribution in [0.5, 0.6) is 0 Å². The Morgan fingerprint density at radius 2 is 1.91 bits per heavy atom. The number of carbonyl (C=O) groups is 1. The van der Waals surface area contributed by atoms with Crippen molar-refractivity contribution in [3.63, 3.8) is 0 Å². The first-order valence-electron chi connectivity index (χ1n) is 7.70. The Kier molecular flexibility index (Phi) is 4.20. The third-order valence-electron chi connectivity index (χ3n) is 3.89. The van der Waals surface area contributed by atoms with Gasteiger partial charge in [-0.15, -0.1) is 0 Å². The minimum absolute atomic E-state index is 0.0511. The van der Waals surface area contributed by atoms with Crippen molar-refractivity contribution in [1.82, 2.24) is 15.2 Å². The van der Waals surface area contributed by atoms with Gasteiger partial charge in [0.1, 0.15) is 0 Å². The highest BCUT2D eigenvalue weighted by molar-refractivity contribution is 5.92. The van der Waals surface area contributed by atoms with E-state index in [0.29, 0.717) is 12.1 Å². The number of hydrogen-bond acceptors (Lipinski definition) is 3. The fourth-order valence-electron chi connectivity index (χ4n) is 2.94. The van der Waals surface area contributed by atoms with Gasteiger partial charge < -0.3 is 10.2 Å². The number of rotatable bonds is 2. The summed E-state index contributed by atoms with van der Waals surface area (Å²) in [4.78, 5) is 18.8. The average molecular weight is 295 g/mol. The fourth-order valence-corrected chi connectivity index (χ4v) is 2.94. The summed E-state index contributed by atoms with van der Waals surface area (Å²) < 4.78 is 0. The van der Waals surface area contributed by atoms with Gasteiger partial charge in [0.05, 0.1) is 11.2 Å². The van der Waals surface area contributed by atoms with E-state index < -0.39 is 0 Å². The van der Waals surface area contributed by atoms with Crippen LogP contribution in [0.15, 0.2) is 42.5 Å². The molecule has 22 heavy (non-hydrogen) atoms. The molecule has 1 aliphatic heterocycles. The van der Waals surface area contributed by atoms with Crippen molar-refractivity contribution in [2.45, 2.75) is 25.9 Å². The number of piperazine rings is 1. The standard InChI is InChI=1S/C18H21N3O/c1-13-11-21(12-14(2)19-13)18(22)10-9-16-8-7-15-5-3-4-6-17(15)20-16/h3-10,13-14,19H,11-12H2,1-2H3/b10-9+. The maximum atomic E-state index is 12.3. The summed E-state index contributed by atoms with van der Waals surface area (Å²) in [5.74, 6) is 0.0511. The summed E-state index contributed by atoms with van der Waals surface area (Å²) in [5.41, 5.74) is 1.75. The third-order valence-corrected chi connectivity index (χ3v) is 3.89. The summed E-state index contributed by atoms with van der Waals surface area (Å²) in [6, 6.07) is 12.6. The second-order valence-corrected chi connectivity index (χ2v) is 5.97. The van der Waals surface area contributed by atoms with E-state index in [1.54, 1.807) is 12.2 Å². The third kappa shape index (κ3) is 3.34. The molecule has 2 heterocycles. The van der Waals surface area contributed by atoms with Crippen molar-refractivity contribution in [1.29, 1.82) is 0 Å². The molecule has 3 rings (SSSR count). The molecule has 1 aromatic carbocycles. The van der Waals surface area contributed by atoms with E-state index in [9.17, 15) is 4.79 Å². The van der Waals surface area contributed by atoms with E-state index in [1.165, 1.54) is 0 Å². The first-order valence-corrected chi connectivity index (χ1v) is 7.70. The highest BCUT2D eigenvalue weighted by atomic mass is 16.2. The van der Waals surface area contributed by atoms with E-state index in [-0.39, 0.29) is 5.91 Å². The normalized spacial score (nSPS) is 22.4. The number of nitrogens with one attached hydrogen (secondary N) is 1. The SMILES string of the molecule is CC1CN(C(=O)/C=C/c2ccc3ccccc3n2)CC(C)N1. The van der Waals surface area contributed by atoms with Gasteiger partial charge in [-0.2, -0.15) is 0 Å². The van der Waals surface area contributed by atoms with Crippen LogP contribution >= 0.6 is 0 Å². The van der Waals surface area contributed by atoms with Crippen molar-refractivity contribution in [2.24, 2.45) is 0 Å². The fraction of sp³-hybridized carbons (Fsp3) is 0.333. The monoisotopic (exact) mass is 295 g/mol. The minimum atomic E-state index is 0.0511.